The Morgan fingerprint density at radius 2 is 2.25 bits per heavy atom. The van der Waals surface area contributed by atoms with Crippen molar-refractivity contribution in [3.8, 4) is 0 Å². The van der Waals surface area contributed by atoms with Crippen molar-refractivity contribution in [3.63, 3.8) is 0 Å². The van der Waals surface area contributed by atoms with E-state index in [4.69, 9.17) is 0 Å². The molecule has 2 aliphatic rings. The number of aromatic nitrogens is 2. The standard InChI is InChI=1S/C15H22N4O/c20-10-13-7-4-8-19(13)15-9-14(16-11-17-15)18-12-5-2-1-3-6-12/h1-2,9,11-13,20H,3-8,10H2,(H,16,17,18). The third kappa shape index (κ3) is 2.93. The minimum Gasteiger partial charge on any atom is -0.394 e. The lowest BCUT2D eigenvalue weighted by atomic mass is 10.0. The fraction of sp³-hybridized carbons (Fsp3) is 0.600. The molecule has 3 rings (SSSR count). The van der Waals surface area contributed by atoms with Crippen LogP contribution in [0.2, 0.25) is 0 Å². The quantitative estimate of drug-likeness (QED) is 0.822. The molecule has 0 spiro atoms. The second-order valence-electron chi connectivity index (χ2n) is 5.56. The smallest absolute Gasteiger partial charge is 0.134 e. The van der Waals surface area contributed by atoms with Crippen molar-refractivity contribution >= 4 is 11.6 Å². The largest absolute Gasteiger partial charge is 0.394 e. The molecule has 1 aromatic heterocycles. The van der Waals surface area contributed by atoms with Gasteiger partial charge in [-0.15, -0.1) is 0 Å². The SMILES string of the molecule is OCC1CCCN1c1cc(NC2CC=CCC2)ncn1. The summed E-state index contributed by atoms with van der Waals surface area (Å²) >= 11 is 0. The molecule has 1 fully saturated rings. The molecule has 0 saturated carbocycles. The molecule has 2 atom stereocenters. The van der Waals surface area contributed by atoms with Gasteiger partial charge in [-0.05, 0) is 32.1 Å². The van der Waals surface area contributed by atoms with Gasteiger partial charge in [0.05, 0.1) is 12.6 Å². The van der Waals surface area contributed by atoms with Crippen molar-refractivity contribution in [1.82, 2.24) is 9.97 Å². The number of hydrogen-bond donors (Lipinski definition) is 2. The van der Waals surface area contributed by atoms with E-state index >= 15 is 0 Å². The van der Waals surface area contributed by atoms with Crippen LogP contribution in [0.25, 0.3) is 0 Å². The highest BCUT2D eigenvalue weighted by Gasteiger charge is 2.25. The average Bonchev–Trinajstić information content (AvgIpc) is 2.97. The van der Waals surface area contributed by atoms with E-state index in [1.165, 1.54) is 0 Å². The first-order valence-corrected chi connectivity index (χ1v) is 7.48. The van der Waals surface area contributed by atoms with Gasteiger partial charge in [0, 0.05) is 18.7 Å². The molecular weight excluding hydrogens is 252 g/mol. The Bertz CT molecular complexity index is 477. The van der Waals surface area contributed by atoms with Crippen molar-refractivity contribution in [2.45, 2.75) is 44.2 Å². The molecule has 1 saturated heterocycles. The van der Waals surface area contributed by atoms with E-state index in [0.717, 1.165) is 50.3 Å². The van der Waals surface area contributed by atoms with Crippen LogP contribution >= 0.6 is 0 Å². The van der Waals surface area contributed by atoms with Crippen LogP contribution in [0.4, 0.5) is 11.6 Å². The molecule has 20 heavy (non-hydrogen) atoms. The highest BCUT2D eigenvalue weighted by Crippen LogP contribution is 2.25. The molecule has 5 heteroatoms. The molecule has 2 heterocycles. The van der Waals surface area contributed by atoms with Crippen LogP contribution in [0, 0.1) is 0 Å². The predicted molar refractivity (Wildman–Crippen MR) is 79.9 cm³/mol. The summed E-state index contributed by atoms with van der Waals surface area (Å²) in [5, 5.41) is 12.9. The van der Waals surface area contributed by atoms with E-state index in [9.17, 15) is 5.11 Å². The molecule has 0 aromatic carbocycles. The lowest BCUT2D eigenvalue weighted by molar-refractivity contribution is 0.266. The fourth-order valence-electron chi connectivity index (χ4n) is 3.04. The Morgan fingerprint density at radius 1 is 1.30 bits per heavy atom. The first-order chi connectivity index (χ1) is 9.86. The molecule has 1 aliphatic carbocycles. The monoisotopic (exact) mass is 274 g/mol. The summed E-state index contributed by atoms with van der Waals surface area (Å²) in [5.41, 5.74) is 0. The topological polar surface area (TPSA) is 61.3 Å². The predicted octanol–water partition coefficient (Wildman–Crippen LogP) is 1.96. The number of anilines is 2. The van der Waals surface area contributed by atoms with Gasteiger partial charge in [-0.3, -0.25) is 0 Å². The number of hydrogen-bond acceptors (Lipinski definition) is 5. The van der Waals surface area contributed by atoms with Crippen molar-refractivity contribution in [2.24, 2.45) is 0 Å². The second kappa shape index (κ2) is 6.22. The number of nitrogens with one attached hydrogen (secondary N) is 1. The van der Waals surface area contributed by atoms with E-state index in [-0.39, 0.29) is 12.6 Å². The van der Waals surface area contributed by atoms with Gasteiger partial charge in [0.25, 0.3) is 0 Å². The van der Waals surface area contributed by atoms with E-state index in [2.05, 4.69) is 32.3 Å². The number of allylic oxidation sites excluding steroid dienone is 1. The first-order valence-electron chi connectivity index (χ1n) is 7.48. The fourth-order valence-corrected chi connectivity index (χ4v) is 3.04. The molecule has 0 amide bonds. The molecule has 2 N–H and O–H groups in total. The average molecular weight is 274 g/mol. The highest BCUT2D eigenvalue weighted by atomic mass is 16.3. The van der Waals surface area contributed by atoms with Gasteiger partial charge in [-0.2, -0.15) is 0 Å². The second-order valence-corrected chi connectivity index (χ2v) is 5.56. The van der Waals surface area contributed by atoms with Crippen molar-refractivity contribution in [3.05, 3.63) is 24.5 Å². The minimum atomic E-state index is 0.195. The normalized spacial score (nSPS) is 25.9. The lowest BCUT2D eigenvalue weighted by Crippen LogP contribution is -2.33. The molecule has 1 aliphatic heterocycles. The summed E-state index contributed by atoms with van der Waals surface area (Å²) in [6.07, 6.45) is 11.6. The summed E-state index contributed by atoms with van der Waals surface area (Å²) in [7, 11) is 0. The van der Waals surface area contributed by atoms with Gasteiger partial charge < -0.3 is 15.3 Å². The number of aliphatic hydroxyl groups is 1. The van der Waals surface area contributed by atoms with Gasteiger partial charge in [-0.25, -0.2) is 9.97 Å². The summed E-state index contributed by atoms with van der Waals surface area (Å²) in [4.78, 5) is 10.9. The molecule has 1 aromatic rings. The summed E-state index contributed by atoms with van der Waals surface area (Å²) < 4.78 is 0. The van der Waals surface area contributed by atoms with Crippen LogP contribution in [0.15, 0.2) is 24.5 Å². The van der Waals surface area contributed by atoms with Crippen LogP contribution in [0.1, 0.15) is 32.1 Å². The van der Waals surface area contributed by atoms with E-state index in [1.54, 1.807) is 6.33 Å². The Kier molecular flexibility index (Phi) is 4.16. The maximum Gasteiger partial charge on any atom is 0.134 e. The number of aliphatic hydroxyl groups excluding tert-OH is 1. The summed E-state index contributed by atoms with van der Waals surface area (Å²) in [6, 6.07) is 2.68. The molecule has 0 bridgehead atoms. The maximum absolute atomic E-state index is 9.42. The van der Waals surface area contributed by atoms with Crippen LogP contribution in [-0.4, -0.2) is 40.3 Å². The van der Waals surface area contributed by atoms with Crippen molar-refractivity contribution in [2.75, 3.05) is 23.4 Å². The van der Waals surface area contributed by atoms with Crippen molar-refractivity contribution < 1.29 is 5.11 Å². The van der Waals surface area contributed by atoms with Crippen LogP contribution < -0.4 is 10.2 Å². The zero-order valence-corrected chi connectivity index (χ0v) is 11.7. The first kappa shape index (κ1) is 13.4. The molecule has 5 nitrogen and oxygen atoms in total. The van der Waals surface area contributed by atoms with Crippen LogP contribution in [-0.2, 0) is 0 Å². The maximum atomic E-state index is 9.42. The molecule has 108 valence electrons. The minimum absolute atomic E-state index is 0.195. The molecule has 2 unspecified atom stereocenters. The van der Waals surface area contributed by atoms with Crippen LogP contribution in [0.5, 0.6) is 0 Å². The Hall–Kier alpha value is -1.62. The Morgan fingerprint density at radius 3 is 3.05 bits per heavy atom. The van der Waals surface area contributed by atoms with Crippen molar-refractivity contribution in [1.29, 1.82) is 0 Å². The lowest BCUT2D eigenvalue weighted by Gasteiger charge is -2.25. The van der Waals surface area contributed by atoms with E-state index < -0.39 is 0 Å². The zero-order valence-electron chi connectivity index (χ0n) is 11.7. The molecular formula is C15H22N4O. The van der Waals surface area contributed by atoms with Gasteiger partial charge in [0.15, 0.2) is 0 Å². The van der Waals surface area contributed by atoms with Gasteiger partial charge in [-0.1, -0.05) is 12.2 Å². The zero-order chi connectivity index (χ0) is 13.8. The highest BCUT2D eigenvalue weighted by molar-refractivity contribution is 5.50. The van der Waals surface area contributed by atoms with Crippen LogP contribution in [0.3, 0.4) is 0 Å². The van der Waals surface area contributed by atoms with E-state index in [1.807, 2.05) is 6.07 Å². The third-order valence-corrected chi connectivity index (χ3v) is 4.16. The van der Waals surface area contributed by atoms with E-state index in [0.29, 0.717) is 6.04 Å². The van der Waals surface area contributed by atoms with Gasteiger partial charge in [0.2, 0.25) is 0 Å². The Balaban J connectivity index is 1.70. The Labute approximate surface area is 119 Å². The number of rotatable bonds is 4. The van der Waals surface area contributed by atoms with Gasteiger partial charge in [0.1, 0.15) is 18.0 Å². The molecule has 0 radical (unpaired) electrons. The summed E-state index contributed by atoms with van der Waals surface area (Å²) in [5.74, 6) is 1.81. The van der Waals surface area contributed by atoms with Gasteiger partial charge >= 0.3 is 0 Å². The number of nitrogens with zero attached hydrogens (tertiary/aromatic N) is 3. The summed E-state index contributed by atoms with van der Waals surface area (Å²) in [6.45, 7) is 1.16. The third-order valence-electron chi connectivity index (χ3n) is 4.16.